The van der Waals surface area contributed by atoms with E-state index in [2.05, 4.69) is 10.1 Å². The van der Waals surface area contributed by atoms with Gasteiger partial charge in [-0.2, -0.15) is 5.10 Å². The van der Waals surface area contributed by atoms with Crippen LogP contribution in [-0.2, 0) is 7.05 Å². The minimum absolute atomic E-state index is 0.0565. The number of hydrogen-bond acceptors (Lipinski definition) is 4. The third kappa shape index (κ3) is 1.97. The van der Waals surface area contributed by atoms with E-state index in [9.17, 15) is 4.39 Å². The van der Waals surface area contributed by atoms with E-state index in [1.807, 2.05) is 0 Å². The van der Waals surface area contributed by atoms with Crippen molar-refractivity contribution in [1.29, 1.82) is 0 Å². The van der Waals surface area contributed by atoms with E-state index in [0.29, 0.717) is 22.6 Å². The first kappa shape index (κ1) is 13.1. The topological polar surface area (TPSA) is 56.7 Å². The van der Waals surface area contributed by atoms with Crippen molar-refractivity contribution < 1.29 is 4.39 Å². The fraction of sp³-hybridized carbons (Fsp3) is 0.0769. The van der Waals surface area contributed by atoms with Crippen molar-refractivity contribution in [3.8, 4) is 21.7 Å². The Labute approximate surface area is 123 Å². The highest BCUT2D eigenvalue weighted by Gasteiger charge is 2.21. The molecule has 2 heterocycles. The average Bonchev–Trinajstić information content (AvgIpc) is 3.04. The summed E-state index contributed by atoms with van der Waals surface area (Å²) in [5, 5.41) is 4.41. The van der Waals surface area contributed by atoms with Crippen molar-refractivity contribution in [2.45, 2.75) is 0 Å². The number of nitrogens with zero attached hydrogens (tertiary/aromatic N) is 3. The maximum atomic E-state index is 14.3. The highest BCUT2D eigenvalue weighted by Crippen LogP contribution is 2.39. The van der Waals surface area contributed by atoms with Gasteiger partial charge in [-0.3, -0.25) is 9.67 Å². The summed E-state index contributed by atoms with van der Waals surface area (Å²) in [5.74, 6) is -0.116. The fourth-order valence-electron chi connectivity index (χ4n) is 2.00. The molecule has 7 heteroatoms. The molecule has 3 rings (SSSR count). The summed E-state index contributed by atoms with van der Waals surface area (Å²) in [7, 11) is 1.71. The van der Waals surface area contributed by atoms with E-state index in [4.69, 9.17) is 17.3 Å². The largest absolute Gasteiger partial charge is 0.383 e. The van der Waals surface area contributed by atoms with Gasteiger partial charge in [0.25, 0.3) is 0 Å². The Morgan fingerprint density at radius 1 is 1.40 bits per heavy atom. The molecule has 0 saturated carbocycles. The van der Waals surface area contributed by atoms with Gasteiger partial charge >= 0.3 is 0 Å². The van der Waals surface area contributed by atoms with Gasteiger partial charge < -0.3 is 5.73 Å². The van der Waals surface area contributed by atoms with Gasteiger partial charge in [0.15, 0.2) is 0 Å². The van der Waals surface area contributed by atoms with Crippen molar-refractivity contribution in [2.75, 3.05) is 5.73 Å². The number of nitrogen functional groups attached to an aromatic ring is 1. The fourth-order valence-corrected chi connectivity index (χ4v) is 2.79. The molecule has 0 saturated heterocycles. The van der Waals surface area contributed by atoms with Crippen LogP contribution in [0.4, 0.5) is 10.2 Å². The Morgan fingerprint density at radius 2 is 2.20 bits per heavy atom. The van der Waals surface area contributed by atoms with Gasteiger partial charge in [0.1, 0.15) is 17.3 Å². The lowest BCUT2D eigenvalue weighted by Gasteiger charge is -2.05. The number of rotatable bonds is 2. The molecule has 20 heavy (non-hydrogen) atoms. The first-order valence-electron chi connectivity index (χ1n) is 5.75. The molecular weight excluding hydrogens is 299 g/mol. The summed E-state index contributed by atoms with van der Waals surface area (Å²) >= 11 is 7.27. The number of nitrogens with two attached hydrogens (primary N) is 1. The zero-order valence-corrected chi connectivity index (χ0v) is 12.0. The quantitative estimate of drug-likeness (QED) is 0.787. The molecule has 0 amide bonds. The second-order valence-corrected chi connectivity index (χ2v) is 5.49. The number of thiazole rings is 1. The van der Waals surface area contributed by atoms with Crippen molar-refractivity contribution in [1.82, 2.24) is 14.8 Å². The molecule has 0 atom stereocenters. The lowest BCUT2D eigenvalue weighted by molar-refractivity contribution is 0.632. The van der Waals surface area contributed by atoms with Crippen LogP contribution in [0.1, 0.15) is 0 Å². The maximum Gasteiger partial charge on any atom is 0.149 e. The van der Waals surface area contributed by atoms with Crippen LogP contribution in [0.15, 0.2) is 29.9 Å². The predicted octanol–water partition coefficient (Wildman–Crippen LogP) is 3.59. The smallest absolute Gasteiger partial charge is 0.149 e. The van der Waals surface area contributed by atoms with Gasteiger partial charge in [0.2, 0.25) is 0 Å². The van der Waals surface area contributed by atoms with E-state index >= 15 is 0 Å². The third-order valence-corrected chi connectivity index (χ3v) is 4.05. The van der Waals surface area contributed by atoms with E-state index in [0.717, 1.165) is 4.88 Å². The highest BCUT2D eigenvalue weighted by atomic mass is 35.5. The Morgan fingerprint density at radius 3 is 2.90 bits per heavy atom. The minimum Gasteiger partial charge on any atom is -0.383 e. The van der Waals surface area contributed by atoms with Crippen molar-refractivity contribution in [3.05, 3.63) is 40.7 Å². The number of anilines is 1. The number of halogens is 2. The number of aryl methyl sites for hydroxylation is 1. The minimum atomic E-state index is -0.500. The normalized spacial score (nSPS) is 10.9. The number of hydrogen-bond donors (Lipinski definition) is 1. The van der Waals surface area contributed by atoms with Gasteiger partial charge in [-0.25, -0.2) is 4.39 Å². The number of aromatic nitrogens is 3. The second kappa shape index (κ2) is 4.88. The lowest BCUT2D eigenvalue weighted by Crippen LogP contribution is -1.98. The molecule has 0 aliphatic rings. The Bertz CT molecular complexity index is 767. The summed E-state index contributed by atoms with van der Waals surface area (Å²) in [4.78, 5) is 4.85. The molecule has 0 radical (unpaired) electrons. The van der Waals surface area contributed by atoms with Gasteiger partial charge in [0.05, 0.1) is 21.0 Å². The van der Waals surface area contributed by atoms with Crippen LogP contribution in [0.3, 0.4) is 0 Å². The standard InChI is InChI=1S/C13H10ClFN4S/c1-19-13(16)10(7-3-2-4-8(14)11(7)15)12(18-19)9-5-17-6-20-9/h2-6H,16H2,1H3. The predicted molar refractivity (Wildman–Crippen MR) is 79.1 cm³/mol. The second-order valence-electron chi connectivity index (χ2n) is 4.20. The molecule has 2 aromatic heterocycles. The Balaban J connectivity index is 2.31. The molecule has 0 fully saturated rings. The molecule has 102 valence electrons. The van der Waals surface area contributed by atoms with Crippen molar-refractivity contribution in [3.63, 3.8) is 0 Å². The Hall–Kier alpha value is -1.92. The van der Waals surface area contributed by atoms with E-state index in [1.165, 1.54) is 22.1 Å². The third-order valence-electron chi connectivity index (χ3n) is 2.98. The monoisotopic (exact) mass is 308 g/mol. The SMILES string of the molecule is Cn1nc(-c2cncs2)c(-c2cccc(Cl)c2F)c1N. The molecule has 0 aliphatic carbocycles. The Kier molecular flexibility index (Phi) is 3.19. The summed E-state index contributed by atoms with van der Waals surface area (Å²) in [6.07, 6.45) is 1.68. The van der Waals surface area contributed by atoms with E-state index < -0.39 is 5.82 Å². The first-order valence-corrected chi connectivity index (χ1v) is 7.01. The van der Waals surface area contributed by atoms with Gasteiger partial charge in [-0.15, -0.1) is 11.3 Å². The molecule has 0 bridgehead atoms. The zero-order chi connectivity index (χ0) is 14.3. The molecule has 0 aliphatic heterocycles. The van der Waals surface area contributed by atoms with E-state index in [1.54, 1.807) is 30.9 Å². The summed E-state index contributed by atoms with van der Waals surface area (Å²) in [5.41, 5.74) is 9.21. The van der Waals surface area contributed by atoms with Crippen molar-refractivity contribution >= 4 is 28.8 Å². The molecule has 1 aromatic carbocycles. The number of benzene rings is 1. The first-order chi connectivity index (χ1) is 9.59. The summed E-state index contributed by atoms with van der Waals surface area (Å²) < 4.78 is 15.8. The van der Waals surface area contributed by atoms with Crippen LogP contribution in [0.5, 0.6) is 0 Å². The van der Waals surface area contributed by atoms with E-state index in [-0.39, 0.29) is 5.02 Å². The van der Waals surface area contributed by atoms with Gasteiger partial charge in [0, 0.05) is 18.8 Å². The molecule has 0 unspecified atom stereocenters. The summed E-state index contributed by atoms with van der Waals surface area (Å²) in [6, 6.07) is 4.82. The summed E-state index contributed by atoms with van der Waals surface area (Å²) in [6.45, 7) is 0. The van der Waals surface area contributed by atoms with Crippen LogP contribution < -0.4 is 5.73 Å². The lowest BCUT2D eigenvalue weighted by atomic mass is 10.0. The van der Waals surface area contributed by atoms with Crippen molar-refractivity contribution in [2.24, 2.45) is 7.05 Å². The molecule has 4 nitrogen and oxygen atoms in total. The molecule has 2 N–H and O–H groups in total. The van der Waals surface area contributed by atoms with Crippen LogP contribution in [0.25, 0.3) is 21.7 Å². The van der Waals surface area contributed by atoms with Gasteiger partial charge in [-0.05, 0) is 6.07 Å². The van der Waals surface area contributed by atoms with Crippen LogP contribution in [-0.4, -0.2) is 14.8 Å². The highest BCUT2D eigenvalue weighted by molar-refractivity contribution is 7.13. The molecule has 3 aromatic rings. The van der Waals surface area contributed by atoms with Crippen LogP contribution >= 0.6 is 22.9 Å². The maximum absolute atomic E-state index is 14.3. The van der Waals surface area contributed by atoms with Crippen LogP contribution in [0.2, 0.25) is 5.02 Å². The zero-order valence-electron chi connectivity index (χ0n) is 10.5. The average molecular weight is 309 g/mol. The molecular formula is C13H10ClFN4S. The van der Waals surface area contributed by atoms with Gasteiger partial charge in [-0.1, -0.05) is 23.7 Å². The van der Waals surface area contributed by atoms with Crippen LogP contribution in [0, 0.1) is 5.82 Å². The molecule has 0 spiro atoms.